The molecular weight excluding hydrogens is 432 g/mol. The van der Waals surface area contributed by atoms with Crippen LogP contribution in [-0.4, -0.2) is 28.0 Å². The first-order valence-corrected chi connectivity index (χ1v) is 9.75. The number of ether oxygens (including phenoxy) is 1. The number of fused-ring (bicyclic) bond motifs is 1. The van der Waals surface area contributed by atoms with E-state index in [4.69, 9.17) is 4.74 Å². The van der Waals surface area contributed by atoms with Crippen LogP contribution in [0.3, 0.4) is 0 Å². The molecule has 0 N–H and O–H groups in total. The Morgan fingerprint density at radius 1 is 1.29 bits per heavy atom. The predicted octanol–water partition coefficient (Wildman–Crippen LogP) is 3.59. The van der Waals surface area contributed by atoms with E-state index in [1.54, 1.807) is 13.0 Å². The van der Waals surface area contributed by atoms with E-state index in [1.165, 1.54) is 24.3 Å². The number of rotatable bonds is 6. The molecule has 1 heterocycles. The molecule has 0 fully saturated rings. The zero-order chi connectivity index (χ0) is 22.5. The van der Waals surface area contributed by atoms with Crippen molar-refractivity contribution in [2.24, 2.45) is 4.99 Å². The van der Waals surface area contributed by atoms with Crippen LogP contribution < -0.4 is 4.80 Å². The lowest BCUT2D eigenvalue weighted by molar-refractivity contribution is -0.384. The van der Waals surface area contributed by atoms with E-state index in [1.807, 2.05) is 0 Å². The Labute approximate surface area is 177 Å². The van der Waals surface area contributed by atoms with Crippen LogP contribution in [0, 0.1) is 21.7 Å². The van der Waals surface area contributed by atoms with Crippen LogP contribution in [0.15, 0.2) is 47.5 Å². The minimum absolute atomic E-state index is 0.0266. The van der Waals surface area contributed by atoms with E-state index < -0.39 is 35.0 Å². The number of non-ortho nitro benzene ring substituents is 1. The molecule has 2 aromatic carbocycles. The van der Waals surface area contributed by atoms with Gasteiger partial charge in [0.15, 0.2) is 10.6 Å². The quantitative estimate of drug-likeness (QED) is 0.249. The molecule has 0 radical (unpaired) electrons. The summed E-state index contributed by atoms with van der Waals surface area (Å²) >= 11 is 0.833. The maximum Gasteiger partial charge on any atom is 0.326 e. The van der Waals surface area contributed by atoms with Gasteiger partial charge in [-0.25, -0.2) is 8.78 Å². The van der Waals surface area contributed by atoms with Gasteiger partial charge < -0.3 is 9.30 Å². The molecule has 0 atom stereocenters. The largest absolute Gasteiger partial charge is 0.465 e. The van der Waals surface area contributed by atoms with Crippen LogP contribution in [0.5, 0.6) is 0 Å². The van der Waals surface area contributed by atoms with Gasteiger partial charge in [0.25, 0.3) is 11.6 Å². The molecule has 8 nitrogen and oxygen atoms in total. The summed E-state index contributed by atoms with van der Waals surface area (Å²) in [5, 5.41) is 10.8. The van der Waals surface area contributed by atoms with Crippen LogP contribution >= 0.6 is 11.3 Å². The second kappa shape index (κ2) is 9.39. The summed E-state index contributed by atoms with van der Waals surface area (Å²) in [5.74, 6) is -3.14. The third kappa shape index (κ3) is 5.25. The highest BCUT2D eigenvalue weighted by molar-refractivity contribution is 7.16. The number of carbonyl (C=O) groups is 2. The second-order valence-corrected chi connectivity index (χ2v) is 7.15. The lowest BCUT2D eigenvalue weighted by atomic mass is 10.2. The third-order valence-electron chi connectivity index (χ3n) is 3.99. The molecule has 0 saturated carbocycles. The van der Waals surface area contributed by atoms with Crippen LogP contribution in [-0.2, 0) is 20.9 Å². The SMILES string of the molecule is CCOC(=O)Cn1c(=NC(=O)/C=C/c2cccc([N+](=O)[O-])c2)sc2cc(F)cc(F)c21. The molecule has 11 heteroatoms. The minimum Gasteiger partial charge on any atom is -0.465 e. The molecule has 0 saturated heterocycles. The lowest BCUT2D eigenvalue weighted by Crippen LogP contribution is -2.23. The van der Waals surface area contributed by atoms with E-state index >= 15 is 0 Å². The van der Waals surface area contributed by atoms with Crippen LogP contribution in [0.25, 0.3) is 16.3 Å². The first kappa shape index (κ1) is 22.0. The van der Waals surface area contributed by atoms with Gasteiger partial charge in [-0.3, -0.25) is 19.7 Å². The molecule has 0 aliphatic rings. The average molecular weight is 447 g/mol. The average Bonchev–Trinajstić information content (AvgIpc) is 3.03. The Hall–Kier alpha value is -3.73. The summed E-state index contributed by atoms with van der Waals surface area (Å²) in [6.07, 6.45) is 2.41. The lowest BCUT2D eigenvalue weighted by Gasteiger charge is -2.05. The molecule has 3 rings (SSSR count). The molecule has 31 heavy (non-hydrogen) atoms. The number of aromatic nitrogens is 1. The number of amides is 1. The van der Waals surface area contributed by atoms with E-state index in [2.05, 4.69) is 4.99 Å². The molecule has 0 spiro atoms. The highest BCUT2D eigenvalue weighted by atomic mass is 32.1. The topological polar surface area (TPSA) is 104 Å². The van der Waals surface area contributed by atoms with Crippen LogP contribution in [0.2, 0.25) is 0 Å². The first-order valence-electron chi connectivity index (χ1n) is 8.93. The zero-order valence-electron chi connectivity index (χ0n) is 16.1. The monoisotopic (exact) mass is 447 g/mol. The summed E-state index contributed by atoms with van der Waals surface area (Å²) in [6.45, 7) is 1.30. The van der Waals surface area contributed by atoms with Crippen molar-refractivity contribution in [3.8, 4) is 0 Å². The van der Waals surface area contributed by atoms with Crippen LogP contribution in [0.4, 0.5) is 14.5 Å². The van der Waals surface area contributed by atoms with Gasteiger partial charge in [0.05, 0.1) is 21.7 Å². The predicted molar refractivity (Wildman–Crippen MR) is 109 cm³/mol. The molecule has 0 aliphatic carbocycles. The van der Waals surface area contributed by atoms with Gasteiger partial charge in [-0.15, -0.1) is 0 Å². The smallest absolute Gasteiger partial charge is 0.326 e. The molecule has 0 aliphatic heterocycles. The molecular formula is C20H15F2N3O5S. The number of nitrogens with zero attached hydrogens (tertiary/aromatic N) is 3. The molecule has 0 unspecified atom stereocenters. The first-order chi connectivity index (χ1) is 14.8. The number of hydrogen-bond acceptors (Lipinski definition) is 6. The fourth-order valence-corrected chi connectivity index (χ4v) is 3.81. The van der Waals surface area contributed by atoms with E-state index in [-0.39, 0.29) is 27.3 Å². The molecule has 160 valence electrons. The molecule has 1 amide bonds. The van der Waals surface area contributed by atoms with E-state index in [0.29, 0.717) is 11.6 Å². The maximum absolute atomic E-state index is 14.4. The van der Waals surface area contributed by atoms with Crippen molar-refractivity contribution >= 4 is 45.2 Å². The number of benzene rings is 2. The van der Waals surface area contributed by atoms with Gasteiger partial charge in [0, 0.05) is 24.3 Å². The maximum atomic E-state index is 14.4. The van der Waals surface area contributed by atoms with Gasteiger partial charge in [-0.1, -0.05) is 23.5 Å². The van der Waals surface area contributed by atoms with Gasteiger partial charge in [-0.2, -0.15) is 4.99 Å². The van der Waals surface area contributed by atoms with Crippen molar-refractivity contribution < 1.29 is 28.0 Å². The van der Waals surface area contributed by atoms with Gasteiger partial charge >= 0.3 is 5.97 Å². The minimum atomic E-state index is -0.906. The van der Waals surface area contributed by atoms with Crippen molar-refractivity contribution in [2.75, 3.05) is 6.61 Å². The standard InChI is InChI=1S/C20H15F2N3O5S/c1-2-30-18(27)11-24-19-15(22)9-13(21)10-16(19)31-20(24)23-17(26)7-6-12-4-3-5-14(8-12)25(28)29/h3-10H,2,11H2,1H3/b7-6+,23-20?. The Balaban J connectivity index is 2.01. The number of halogens is 2. The number of nitro groups is 1. The fourth-order valence-electron chi connectivity index (χ4n) is 2.74. The Morgan fingerprint density at radius 3 is 2.77 bits per heavy atom. The number of hydrogen-bond donors (Lipinski definition) is 0. The van der Waals surface area contributed by atoms with Crippen LogP contribution in [0.1, 0.15) is 12.5 Å². The normalized spacial score (nSPS) is 11.9. The highest BCUT2D eigenvalue weighted by Crippen LogP contribution is 2.22. The zero-order valence-corrected chi connectivity index (χ0v) is 16.9. The van der Waals surface area contributed by atoms with Crippen molar-refractivity contribution in [1.82, 2.24) is 4.57 Å². The number of carbonyl (C=O) groups excluding carboxylic acids is 2. The molecule has 0 bridgehead atoms. The van der Waals surface area contributed by atoms with Crippen molar-refractivity contribution in [3.63, 3.8) is 0 Å². The molecule has 3 aromatic rings. The van der Waals surface area contributed by atoms with Crippen molar-refractivity contribution in [3.05, 3.63) is 74.6 Å². The Bertz CT molecular complexity index is 1280. The number of thiazole rings is 1. The summed E-state index contributed by atoms with van der Waals surface area (Å²) in [6, 6.07) is 7.37. The summed E-state index contributed by atoms with van der Waals surface area (Å²) in [7, 11) is 0. The number of nitro benzene ring substituents is 1. The van der Waals surface area contributed by atoms with Crippen molar-refractivity contribution in [1.29, 1.82) is 0 Å². The van der Waals surface area contributed by atoms with Crippen molar-refractivity contribution in [2.45, 2.75) is 13.5 Å². The Kier molecular flexibility index (Phi) is 6.65. The van der Waals surface area contributed by atoms with Gasteiger partial charge in [-0.05, 0) is 24.6 Å². The van der Waals surface area contributed by atoms with Gasteiger partial charge in [0.1, 0.15) is 12.4 Å². The van der Waals surface area contributed by atoms with E-state index in [0.717, 1.165) is 28.0 Å². The number of esters is 1. The summed E-state index contributed by atoms with van der Waals surface area (Å²) in [5.41, 5.74) is 0.191. The second-order valence-electron chi connectivity index (χ2n) is 6.15. The van der Waals surface area contributed by atoms with Gasteiger partial charge in [0.2, 0.25) is 0 Å². The summed E-state index contributed by atoms with van der Waals surface area (Å²) < 4.78 is 34.1. The molecule has 1 aromatic heterocycles. The Morgan fingerprint density at radius 2 is 2.06 bits per heavy atom. The highest BCUT2D eigenvalue weighted by Gasteiger charge is 2.16. The summed E-state index contributed by atoms with van der Waals surface area (Å²) in [4.78, 5) is 38.4. The van der Waals surface area contributed by atoms with E-state index in [9.17, 15) is 28.5 Å². The fraction of sp³-hybridized carbons (Fsp3) is 0.150. The third-order valence-corrected chi connectivity index (χ3v) is 5.02.